The van der Waals surface area contributed by atoms with E-state index >= 15 is 0 Å². The summed E-state index contributed by atoms with van der Waals surface area (Å²) in [6.07, 6.45) is 0. The Morgan fingerprint density at radius 1 is 0.786 bits per heavy atom. The van der Waals surface area contributed by atoms with Crippen LogP contribution in [-0.4, -0.2) is 51.7 Å². The van der Waals surface area contributed by atoms with Crippen molar-refractivity contribution in [1.82, 2.24) is 4.67 Å². The summed E-state index contributed by atoms with van der Waals surface area (Å²) in [5, 5.41) is 0.339. The second kappa shape index (κ2) is 12.9. The van der Waals surface area contributed by atoms with E-state index in [1.165, 1.54) is 23.5 Å². The molecule has 0 aromatic heterocycles. The Morgan fingerprint density at radius 2 is 1.11 bits per heavy atom. The van der Waals surface area contributed by atoms with Crippen LogP contribution in [0.3, 0.4) is 0 Å². The van der Waals surface area contributed by atoms with Crippen LogP contribution in [0.2, 0.25) is 0 Å². The van der Waals surface area contributed by atoms with Crippen LogP contribution in [0.15, 0.2) is 0 Å². The highest BCUT2D eigenvalue weighted by Gasteiger charge is 2.28. The molecule has 0 amide bonds. The number of carbonyl (C=O) groups excluding carboxylic acids is 2. The first kappa shape index (κ1) is 28.4. The van der Waals surface area contributed by atoms with Gasteiger partial charge in [-0.2, -0.15) is 0 Å². The number of rotatable bonds is 11. The first-order valence-electron chi connectivity index (χ1n) is 9.86. The zero-order valence-corrected chi connectivity index (χ0v) is 21.9. The summed E-state index contributed by atoms with van der Waals surface area (Å²) in [6.45, 7) is 21.0. The first-order valence-corrected chi connectivity index (χ1v) is 13.0. The topological polar surface area (TPSA) is 55.8 Å². The minimum Gasteiger partial charge on any atom is -0.321 e. The summed E-state index contributed by atoms with van der Waals surface area (Å²) in [7, 11) is -1.24. The normalized spacial score (nSPS) is 13.2. The van der Waals surface area contributed by atoms with Crippen LogP contribution >= 0.6 is 32.0 Å². The lowest BCUT2D eigenvalue weighted by Gasteiger charge is -2.35. The molecular weight excluding hydrogens is 413 g/mol. The fourth-order valence-electron chi connectivity index (χ4n) is 2.08. The number of carbonyl (C=O) groups is 2. The Kier molecular flexibility index (Phi) is 13.1. The van der Waals surface area contributed by atoms with Crippen molar-refractivity contribution >= 4 is 42.3 Å². The van der Waals surface area contributed by atoms with E-state index in [4.69, 9.17) is 9.05 Å². The molecule has 0 aliphatic carbocycles. The fraction of sp³-hybridized carbons (Fsp3) is 0.900. The van der Waals surface area contributed by atoms with Gasteiger partial charge in [-0.25, -0.2) is 4.67 Å². The molecule has 0 heterocycles. The first-order chi connectivity index (χ1) is 12.7. The third-order valence-corrected chi connectivity index (χ3v) is 8.11. The Hall–Kier alpha value is 0.350. The molecule has 0 N–H and O–H groups in total. The van der Waals surface area contributed by atoms with Gasteiger partial charge in [0.25, 0.3) is 8.53 Å². The molecule has 0 saturated carbocycles. The van der Waals surface area contributed by atoms with Gasteiger partial charge < -0.3 is 9.05 Å². The maximum Gasteiger partial charge on any atom is 0.259 e. The van der Waals surface area contributed by atoms with E-state index in [2.05, 4.69) is 32.4 Å². The Morgan fingerprint density at radius 3 is 1.36 bits per heavy atom. The molecule has 0 saturated heterocycles. The van der Waals surface area contributed by atoms with Crippen molar-refractivity contribution < 1.29 is 18.6 Å². The van der Waals surface area contributed by atoms with Gasteiger partial charge in [0.05, 0.1) is 13.2 Å². The SMILES string of the molecule is CC(C)N(C(C)C)P(OCCSC(=O)C(C)(C)C)OCCSC(=O)C(C)(C)C. The molecule has 8 heteroatoms. The second-order valence-electron chi connectivity index (χ2n) is 9.24. The van der Waals surface area contributed by atoms with E-state index in [1.807, 2.05) is 41.5 Å². The van der Waals surface area contributed by atoms with Gasteiger partial charge in [0.15, 0.2) is 10.2 Å². The van der Waals surface area contributed by atoms with Crippen LogP contribution in [0.25, 0.3) is 0 Å². The molecule has 28 heavy (non-hydrogen) atoms. The molecule has 0 spiro atoms. The molecular formula is C20H40NO4PS2. The van der Waals surface area contributed by atoms with E-state index < -0.39 is 8.53 Å². The van der Waals surface area contributed by atoms with Gasteiger partial charge in [-0.05, 0) is 27.7 Å². The van der Waals surface area contributed by atoms with Gasteiger partial charge in [-0.1, -0.05) is 65.1 Å². The molecule has 0 aliphatic rings. The molecule has 5 nitrogen and oxygen atoms in total. The van der Waals surface area contributed by atoms with Gasteiger partial charge in [0.1, 0.15) is 0 Å². The van der Waals surface area contributed by atoms with Gasteiger partial charge in [0, 0.05) is 34.4 Å². The van der Waals surface area contributed by atoms with E-state index in [9.17, 15) is 9.59 Å². The van der Waals surface area contributed by atoms with Crippen LogP contribution in [0.4, 0.5) is 0 Å². The van der Waals surface area contributed by atoms with E-state index in [-0.39, 0.29) is 33.1 Å². The van der Waals surface area contributed by atoms with Crippen LogP contribution in [0.1, 0.15) is 69.2 Å². The van der Waals surface area contributed by atoms with Gasteiger partial charge >= 0.3 is 0 Å². The molecule has 0 fully saturated rings. The van der Waals surface area contributed by atoms with Crippen molar-refractivity contribution in [2.24, 2.45) is 10.8 Å². The van der Waals surface area contributed by atoms with E-state index in [0.717, 1.165) is 0 Å². The molecule has 0 unspecified atom stereocenters. The van der Waals surface area contributed by atoms with Crippen LogP contribution < -0.4 is 0 Å². The number of thioether (sulfide) groups is 2. The van der Waals surface area contributed by atoms with Crippen molar-refractivity contribution in [3.8, 4) is 0 Å². The average molecular weight is 454 g/mol. The van der Waals surface area contributed by atoms with Crippen molar-refractivity contribution in [3.63, 3.8) is 0 Å². The summed E-state index contributed by atoms with van der Waals surface area (Å²) in [5.41, 5.74) is -0.685. The fourth-order valence-corrected chi connectivity index (χ4v) is 5.48. The van der Waals surface area contributed by atoms with Crippen molar-refractivity contribution in [2.75, 3.05) is 24.7 Å². The minimum absolute atomic E-state index is 0.169. The molecule has 0 aliphatic heterocycles. The monoisotopic (exact) mass is 453 g/mol. The van der Waals surface area contributed by atoms with E-state index in [1.54, 1.807) is 0 Å². The third kappa shape index (κ3) is 11.5. The standard InChI is InChI=1S/C20H40NO4PS2/c1-15(2)21(16(3)4)26(24-11-13-27-17(22)19(5,6)7)25-12-14-28-18(23)20(8,9)10/h15-16H,11-14H2,1-10H3. The minimum atomic E-state index is -1.24. The zero-order valence-electron chi connectivity index (χ0n) is 19.3. The summed E-state index contributed by atoms with van der Waals surface area (Å²) >= 11 is 2.62. The van der Waals surface area contributed by atoms with Crippen molar-refractivity contribution in [3.05, 3.63) is 0 Å². The predicted octanol–water partition coefficient (Wildman–Crippen LogP) is 5.98. The molecule has 0 atom stereocenters. The van der Waals surface area contributed by atoms with Crippen molar-refractivity contribution in [2.45, 2.75) is 81.3 Å². The summed E-state index contributed by atoms with van der Waals surface area (Å²) in [5.74, 6) is 1.22. The highest BCUT2D eigenvalue weighted by Crippen LogP contribution is 2.46. The van der Waals surface area contributed by atoms with Crippen molar-refractivity contribution in [1.29, 1.82) is 0 Å². The lowest BCUT2D eigenvalue weighted by Crippen LogP contribution is -2.34. The number of nitrogens with zero attached hydrogens (tertiary/aromatic N) is 1. The molecule has 166 valence electrons. The summed E-state index contributed by atoms with van der Waals surface area (Å²) in [6, 6.07) is 0.553. The Balaban J connectivity index is 4.68. The molecule has 0 bridgehead atoms. The number of hydrogen-bond acceptors (Lipinski definition) is 7. The molecule has 0 radical (unpaired) electrons. The Labute approximate surface area is 182 Å². The zero-order chi connectivity index (χ0) is 22.1. The predicted molar refractivity (Wildman–Crippen MR) is 125 cm³/mol. The molecule has 0 rings (SSSR count). The average Bonchev–Trinajstić information content (AvgIpc) is 2.51. The van der Waals surface area contributed by atoms with Gasteiger partial charge in [-0.3, -0.25) is 9.59 Å². The largest absolute Gasteiger partial charge is 0.321 e. The second-order valence-corrected chi connectivity index (χ2v) is 12.8. The lowest BCUT2D eigenvalue weighted by molar-refractivity contribution is -0.118. The number of hydrogen-bond donors (Lipinski definition) is 0. The van der Waals surface area contributed by atoms with Crippen LogP contribution in [0.5, 0.6) is 0 Å². The van der Waals surface area contributed by atoms with Gasteiger partial charge in [0.2, 0.25) is 0 Å². The molecule has 0 aromatic rings. The van der Waals surface area contributed by atoms with Crippen LogP contribution in [-0.2, 0) is 18.6 Å². The third-order valence-electron chi connectivity index (χ3n) is 3.51. The Bertz CT molecular complexity index is 446. The highest BCUT2D eigenvalue weighted by atomic mass is 32.2. The highest BCUT2D eigenvalue weighted by molar-refractivity contribution is 8.14. The lowest BCUT2D eigenvalue weighted by atomic mass is 9.99. The smallest absolute Gasteiger partial charge is 0.259 e. The van der Waals surface area contributed by atoms with E-state index in [0.29, 0.717) is 24.7 Å². The van der Waals surface area contributed by atoms with Crippen LogP contribution in [0, 0.1) is 10.8 Å². The molecule has 0 aromatic carbocycles. The quantitative estimate of drug-likeness (QED) is 0.282. The maximum atomic E-state index is 12.1. The summed E-state index contributed by atoms with van der Waals surface area (Å²) < 4.78 is 14.4. The van der Waals surface area contributed by atoms with Gasteiger partial charge in [-0.15, -0.1) is 0 Å². The summed E-state index contributed by atoms with van der Waals surface area (Å²) in [4.78, 5) is 24.1. The maximum absolute atomic E-state index is 12.1.